The average Bonchev–Trinajstić information content (AvgIpc) is 3.27. The molecule has 0 amide bonds. The Morgan fingerprint density at radius 1 is 1.29 bits per heavy atom. The van der Waals surface area contributed by atoms with Crippen molar-refractivity contribution in [2.45, 2.75) is 25.1 Å². The molecule has 1 aromatic carbocycles. The zero-order chi connectivity index (χ0) is 19.6. The second-order valence-electron chi connectivity index (χ2n) is 8.03. The van der Waals surface area contributed by atoms with Crippen molar-refractivity contribution in [1.29, 1.82) is 0 Å². The second kappa shape index (κ2) is 8.39. The van der Waals surface area contributed by atoms with E-state index in [1.54, 1.807) is 7.05 Å². The molecule has 1 aromatic rings. The molecule has 154 valence electrons. The molecule has 8 heteroatoms. The molecule has 0 radical (unpaired) electrons. The van der Waals surface area contributed by atoms with Gasteiger partial charge >= 0.3 is 0 Å². The maximum Gasteiger partial charge on any atom is 0.193 e. The molecule has 3 saturated heterocycles. The fourth-order valence-corrected chi connectivity index (χ4v) is 6.41. The summed E-state index contributed by atoms with van der Waals surface area (Å²) >= 11 is 0. The summed E-state index contributed by atoms with van der Waals surface area (Å²) in [6.45, 7) is 4.99. The van der Waals surface area contributed by atoms with Crippen molar-refractivity contribution in [2.75, 3.05) is 51.3 Å². The summed E-state index contributed by atoms with van der Waals surface area (Å²) < 4.78 is 29.4. The van der Waals surface area contributed by atoms with Crippen LogP contribution in [0.15, 0.2) is 35.3 Å². The lowest BCUT2D eigenvalue weighted by atomic mass is 10.1. The van der Waals surface area contributed by atoms with Gasteiger partial charge in [-0.1, -0.05) is 30.3 Å². The van der Waals surface area contributed by atoms with Crippen LogP contribution in [-0.4, -0.2) is 87.7 Å². The van der Waals surface area contributed by atoms with Crippen LogP contribution in [0, 0.1) is 5.92 Å². The third-order valence-corrected chi connectivity index (χ3v) is 7.87. The largest absolute Gasteiger partial charge is 0.373 e. The van der Waals surface area contributed by atoms with Crippen LogP contribution in [0.25, 0.3) is 0 Å². The van der Waals surface area contributed by atoms with Crippen LogP contribution in [0.2, 0.25) is 0 Å². The molecular formula is C20H30N4O3S. The van der Waals surface area contributed by atoms with Crippen molar-refractivity contribution in [3.63, 3.8) is 0 Å². The third-order valence-electron chi connectivity index (χ3n) is 6.03. The van der Waals surface area contributed by atoms with E-state index < -0.39 is 9.84 Å². The molecule has 28 heavy (non-hydrogen) atoms. The molecule has 0 bridgehead atoms. The standard InChI is InChI=1S/C20H30N4O3S/c1-21-20(22-11-17-7-10-28(25,26)15-17)24-13-18-19(14-24)27-9-8-23(18)12-16-5-3-2-4-6-16/h2-6,17-19H,7-15H2,1H3,(H,21,22). The molecule has 0 saturated carbocycles. The van der Waals surface area contributed by atoms with Gasteiger partial charge in [0.25, 0.3) is 0 Å². The Morgan fingerprint density at radius 3 is 2.82 bits per heavy atom. The summed E-state index contributed by atoms with van der Waals surface area (Å²) in [5, 5.41) is 3.40. The first-order valence-corrected chi connectivity index (χ1v) is 11.9. The number of nitrogens with zero attached hydrogens (tertiary/aromatic N) is 3. The minimum Gasteiger partial charge on any atom is -0.373 e. The maximum atomic E-state index is 11.7. The SMILES string of the molecule is CN=C(NCC1CCS(=O)(=O)C1)N1CC2OCCN(Cc3ccccc3)C2C1. The molecule has 1 N–H and O–H groups in total. The van der Waals surface area contributed by atoms with E-state index in [-0.39, 0.29) is 17.8 Å². The van der Waals surface area contributed by atoms with E-state index in [9.17, 15) is 8.42 Å². The first kappa shape index (κ1) is 19.7. The molecule has 7 nitrogen and oxygen atoms in total. The van der Waals surface area contributed by atoms with Crippen LogP contribution in [-0.2, 0) is 21.1 Å². The predicted molar refractivity (Wildman–Crippen MR) is 110 cm³/mol. The van der Waals surface area contributed by atoms with Crippen LogP contribution in [0.4, 0.5) is 0 Å². The lowest BCUT2D eigenvalue weighted by molar-refractivity contribution is -0.0502. The van der Waals surface area contributed by atoms with Crippen molar-refractivity contribution >= 4 is 15.8 Å². The van der Waals surface area contributed by atoms with Crippen LogP contribution in [0.1, 0.15) is 12.0 Å². The molecule has 0 spiro atoms. The highest BCUT2D eigenvalue weighted by Crippen LogP contribution is 2.25. The monoisotopic (exact) mass is 406 g/mol. The number of likely N-dealkylation sites (tertiary alicyclic amines) is 1. The molecule has 3 aliphatic rings. The molecule has 3 atom stereocenters. The summed E-state index contributed by atoms with van der Waals surface area (Å²) in [6.07, 6.45) is 0.925. The highest BCUT2D eigenvalue weighted by Gasteiger charge is 2.41. The van der Waals surface area contributed by atoms with Crippen LogP contribution < -0.4 is 5.32 Å². The first-order chi connectivity index (χ1) is 13.5. The number of rotatable bonds is 4. The normalized spacial score (nSPS) is 30.4. The minimum atomic E-state index is -2.84. The van der Waals surface area contributed by atoms with Gasteiger partial charge < -0.3 is 15.0 Å². The second-order valence-corrected chi connectivity index (χ2v) is 10.3. The number of guanidine groups is 1. The number of sulfone groups is 1. The van der Waals surface area contributed by atoms with Gasteiger partial charge in [0, 0.05) is 39.8 Å². The molecule has 3 heterocycles. The maximum absolute atomic E-state index is 11.7. The van der Waals surface area contributed by atoms with E-state index in [0.717, 1.165) is 45.2 Å². The Morgan fingerprint density at radius 2 is 2.11 bits per heavy atom. The van der Waals surface area contributed by atoms with E-state index in [0.29, 0.717) is 18.3 Å². The number of ether oxygens (including phenoxy) is 1. The van der Waals surface area contributed by atoms with Gasteiger partial charge in [0.2, 0.25) is 0 Å². The number of fused-ring (bicyclic) bond motifs is 1. The lowest BCUT2D eigenvalue weighted by Gasteiger charge is -2.36. The summed E-state index contributed by atoms with van der Waals surface area (Å²) in [5.41, 5.74) is 1.33. The zero-order valence-electron chi connectivity index (χ0n) is 16.5. The number of hydrogen-bond acceptors (Lipinski definition) is 5. The third kappa shape index (κ3) is 4.50. The summed E-state index contributed by atoms with van der Waals surface area (Å²) in [7, 11) is -1.05. The molecule has 0 aromatic heterocycles. The fourth-order valence-electron chi connectivity index (χ4n) is 4.55. The van der Waals surface area contributed by atoms with Crippen LogP contribution in [0.3, 0.4) is 0 Å². The first-order valence-electron chi connectivity index (χ1n) is 10.1. The summed E-state index contributed by atoms with van der Waals surface area (Å²) in [5.74, 6) is 1.63. The number of hydrogen-bond donors (Lipinski definition) is 1. The van der Waals surface area contributed by atoms with Crippen molar-refractivity contribution in [3.05, 3.63) is 35.9 Å². The van der Waals surface area contributed by atoms with Gasteiger partial charge in [0.15, 0.2) is 15.8 Å². The minimum absolute atomic E-state index is 0.178. The molecule has 3 fully saturated rings. The van der Waals surface area contributed by atoms with Gasteiger partial charge in [0.05, 0.1) is 30.3 Å². The van der Waals surface area contributed by atoms with Gasteiger partial charge in [-0.25, -0.2) is 8.42 Å². The number of morpholine rings is 1. The van der Waals surface area contributed by atoms with Gasteiger partial charge in [0.1, 0.15) is 0 Å². The zero-order valence-corrected chi connectivity index (χ0v) is 17.3. The quantitative estimate of drug-likeness (QED) is 0.583. The highest BCUT2D eigenvalue weighted by molar-refractivity contribution is 7.91. The van der Waals surface area contributed by atoms with Gasteiger partial charge in [-0.3, -0.25) is 9.89 Å². The van der Waals surface area contributed by atoms with E-state index >= 15 is 0 Å². The average molecular weight is 407 g/mol. The van der Waals surface area contributed by atoms with E-state index in [1.807, 2.05) is 6.07 Å². The lowest BCUT2D eigenvalue weighted by Crippen LogP contribution is -2.50. The van der Waals surface area contributed by atoms with E-state index in [1.165, 1.54) is 5.56 Å². The Kier molecular flexibility index (Phi) is 5.89. The van der Waals surface area contributed by atoms with Crippen molar-refractivity contribution in [3.8, 4) is 0 Å². The Balaban J connectivity index is 1.35. The Hall–Kier alpha value is -1.64. The van der Waals surface area contributed by atoms with Crippen molar-refractivity contribution in [2.24, 2.45) is 10.9 Å². The summed E-state index contributed by atoms with van der Waals surface area (Å²) in [4.78, 5) is 9.21. The Bertz CT molecular complexity index is 799. The topological polar surface area (TPSA) is 74.2 Å². The smallest absolute Gasteiger partial charge is 0.193 e. The molecule has 4 rings (SSSR count). The number of nitrogens with one attached hydrogen (secondary N) is 1. The van der Waals surface area contributed by atoms with Crippen molar-refractivity contribution < 1.29 is 13.2 Å². The molecular weight excluding hydrogens is 376 g/mol. The summed E-state index contributed by atoms with van der Waals surface area (Å²) in [6, 6.07) is 10.9. The van der Waals surface area contributed by atoms with E-state index in [4.69, 9.17) is 4.74 Å². The van der Waals surface area contributed by atoms with E-state index in [2.05, 4.69) is 44.4 Å². The van der Waals surface area contributed by atoms with Crippen molar-refractivity contribution in [1.82, 2.24) is 15.1 Å². The molecule has 3 aliphatic heterocycles. The Labute approximate surface area is 167 Å². The number of benzene rings is 1. The van der Waals surface area contributed by atoms with Crippen LogP contribution >= 0.6 is 0 Å². The number of aliphatic imine (C=N–C) groups is 1. The van der Waals surface area contributed by atoms with Gasteiger partial charge in [-0.15, -0.1) is 0 Å². The molecule has 3 unspecified atom stereocenters. The fraction of sp³-hybridized carbons (Fsp3) is 0.650. The van der Waals surface area contributed by atoms with Gasteiger partial charge in [-0.2, -0.15) is 0 Å². The predicted octanol–water partition coefficient (Wildman–Crippen LogP) is 0.582. The van der Waals surface area contributed by atoms with Gasteiger partial charge in [-0.05, 0) is 17.9 Å². The highest BCUT2D eigenvalue weighted by atomic mass is 32.2. The molecule has 0 aliphatic carbocycles. The van der Waals surface area contributed by atoms with Crippen LogP contribution in [0.5, 0.6) is 0 Å².